The first-order chi connectivity index (χ1) is 18.9. The molecule has 0 fully saturated rings. The number of aryl methyl sites for hydroxylation is 1. The summed E-state index contributed by atoms with van der Waals surface area (Å²) in [4.78, 5) is 20.0. The highest BCUT2D eigenvalue weighted by Crippen LogP contribution is 2.41. The zero-order chi connectivity index (χ0) is 27.5. The fourth-order valence-corrected chi connectivity index (χ4v) is 5.96. The molecule has 5 aromatic rings. The summed E-state index contributed by atoms with van der Waals surface area (Å²) in [5.41, 5.74) is 11.5. The normalized spacial score (nSPS) is 11.7. The molecule has 8 heteroatoms. The Hall–Kier alpha value is -4.14. The minimum absolute atomic E-state index is 0.199. The number of nitrogen functional groups attached to an aromatic ring is 1. The topological polar surface area (TPSA) is 85.4 Å². The van der Waals surface area contributed by atoms with Crippen molar-refractivity contribution in [2.75, 3.05) is 37.8 Å². The number of hydrogen-bond acceptors (Lipinski definition) is 6. The number of benzene rings is 2. The van der Waals surface area contributed by atoms with Crippen molar-refractivity contribution in [3.05, 3.63) is 77.4 Å². The van der Waals surface area contributed by atoms with Crippen LogP contribution in [0.2, 0.25) is 0 Å². The van der Waals surface area contributed by atoms with E-state index in [1.807, 2.05) is 66.3 Å². The number of para-hydroxylation sites is 1. The zero-order valence-corrected chi connectivity index (χ0v) is 23.5. The van der Waals surface area contributed by atoms with Crippen molar-refractivity contribution in [2.45, 2.75) is 13.8 Å². The van der Waals surface area contributed by atoms with Crippen LogP contribution in [0.3, 0.4) is 0 Å². The summed E-state index contributed by atoms with van der Waals surface area (Å²) in [5.74, 6) is 0.866. The van der Waals surface area contributed by atoms with Crippen LogP contribution < -0.4 is 15.8 Å². The van der Waals surface area contributed by atoms with Crippen molar-refractivity contribution < 1.29 is 9.53 Å². The number of pyridine rings is 1. The third-order valence-electron chi connectivity index (χ3n) is 7.15. The van der Waals surface area contributed by atoms with E-state index < -0.39 is 0 Å². The molecule has 0 aliphatic heterocycles. The lowest BCUT2D eigenvalue weighted by Gasteiger charge is -2.14. The Morgan fingerprint density at radius 2 is 1.97 bits per heavy atom. The van der Waals surface area contributed by atoms with Gasteiger partial charge in [0.15, 0.2) is 0 Å². The number of nitrogens with one attached hydrogen (secondary N) is 1. The SMILES string of the molecule is CCN(CC)C/C=C\c1cnc(N)c2c(-c3ccc(NC(=O)c4cc5ccccc5n4C)c(OC)c3)csc12. The van der Waals surface area contributed by atoms with Crippen molar-refractivity contribution in [3.8, 4) is 16.9 Å². The van der Waals surface area contributed by atoms with E-state index in [4.69, 9.17) is 10.5 Å². The number of ether oxygens (including phenoxy) is 1. The number of nitrogens with zero attached hydrogens (tertiary/aromatic N) is 3. The van der Waals surface area contributed by atoms with Crippen LogP contribution in [-0.4, -0.2) is 47.1 Å². The molecule has 3 aromatic heterocycles. The van der Waals surface area contributed by atoms with Crippen LogP contribution in [0.1, 0.15) is 29.9 Å². The van der Waals surface area contributed by atoms with Gasteiger partial charge in [-0.3, -0.25) is 4.79 Å². The molecule has 0 spiro atoms. The molecule has 39 heavy (non-hydrogen) atoms. The molecule has 1 amide bonds. The van der Waals surface area contributed by atoms with E-state index in [1.165, 1.54) is 0 Å². The van der Waals surface area contributed by atoms with Gasteiger partial charge in [-0.1, -0.05) is 50.3 Å². The Morgan fingerprint density at radius 3 is 2.72 bits per heavy atom. The molecule has 3 heterocycles. The maximum atomic E-state index is 13.2. The number of anilines is 2. The third kappa shape index (κ3) is 5.13. The van der Waals surface area contributed by atoms with E-state index in [0.717, 1.165) is 57.3 Å². The summed E-state index contributed by atoms with van der Waals surface area (Å²) in [5, 5.41) is 7.07. The van der Waals surface area contributed by atoms with Crippen molar-refractivity contribution in [2.24, 2.45) is 7.05 Å². The fourth-order valence-electron chi connectivity index (χ4n) is 4.88. The maximum Gasteiger partial charge on any atom is 0.272 e. The van der Waals surface area contributed by atoms with E-state index in [-0.39, 0.29) is 5.91 Å². The Bertz CT molecular complexity index is 1680. The van der Waals surface area contributed by atoms with Gasteiger partial charge in [-0.05, 0) is 48.3 Å². The Labute approximate surface area is 232 Å². The predicted octanol–water partition coefficient (Wildman–Crippen LogP) is 6.65. The number of rotatable bonds is 9. The number of fused-ring (bicyclic) bond motifs is 2. The molecule has 0 radical (unpaired) electrons. The largest absolute Gasteiger partial charge is 0.495 e. The van der Waals surface area contributed by atoms with Crippen LogP contribution in [0.4, 0.5) is 11.5 Å². The second-order valence-corrected chi connectivity index (χ2v) is 10.2. The lowest BCUT2D eigenvalue weighted by atomic mass is 10.0. The quantitative estimate of drug-likeness (QED) is 0.219. The summed E-state index contributed by atoms with van der Waals surface area (Å²) < 4.78 is 8.69. The number of likely N-dealkylation sites (N-methyl/N-ethyl adjacent to an activating group) is 1. The molecular formula is C31H33N5O2S. The number of methoxy groups -OCH3 is 1. The van der Waals surface area contributed by atoms with Gasteiger partial charge in [0.1, 0.15) is 17.3 Å². The van der Waals surface area contributed by atoms with Crippen LogP contribution in [0, 0.1) is 0 Å². The highest BCUT2D eigenvalue weighted by molar-refractivity contribution is 7.18. The molecule has 0 unspecified atom stereocenters. The van der Waals surface area contributed by atoms with E-state index in [0.29, 0.717) is 22.9 Å². The molecule has 3 N–H and O–H groups in total. The van der Waals surface area contributed by atoms with Crippen LogP contribution in [0.5, 0.6) is 5.75 Å². The average molecular weight is 540 g/mol. The summed E-state index contributed by atoms with van der Waals surface area (Å²) in [6.07, 6.45) is 6.14. The Balaban J connectivity index is 1.45. The highest BCUT2D eigenvalue weighted by Gasteiger charge is 2.18. The van der Waals surface area contributed by atoms with Crippen LogP contribution >= 0.6 is 11.3 Å². The Kier molecular flexibility index (Phi) is 7.67. The number of aromatic nitrogens is 2. The van der Waals surface area contributed by atoms with Gasteiger partial charge < -0.3 is 25.3 Å². The number of carbonyl (C=O) groups excluding carboxylic acids is 1. The van der Waals surface area contributed by atoms with E-state index in [2.05, 4.69) is 46.6 Å². The lowest BCUT2D eigenvalue weighted by molar-refractivity contribution is 0.101. The van der Waals surface area contributed by atoms with Crippen molar-refractivity contribution in [3.63, 3.8) is 0 Å². The van der Waals surface area contributed by atoms with Crippen LogP contribution in [0.15, 0.2) is 66.2 Å². The van der Waals surface area contributed by atoms with Gasteiger partial charge in [0, 0.05) is 51.9 Å². The number of nitrogens with two attached hydrogens (primary N) is 1. The molecule has 0 aliphatic rings. The summed E-state index contributed by atoms with van der Waals surface area (Å²) in [6.45, 7) is 7.25. The van der Waals surface area contributed by atoms with Gasteiger partial charge in [0.25, 0.3) is 5.91 Å². The first kappa shape index (κ1) is 26.5. The van der Waals surface area contributed by atoms with E-state index >= 15 is 0 Å². The van der Waals surface area contributed by atoms with Crippen molar-refractivity contribution >= 4 is 55.8 Å². The molecule has 0 saturated heterocycles. The van der Waals surface area contributed by atoms with Crippen molar-refractivity contribution in [1.82, 2.24) is 14.5 Å². The second kappa shape index (κ2) is 11.3. The lowest BCUT2D eigenvalue weighted by Crippen LogP contribution is -2.22. The van der Waals surface area contributed by atoms with Crippen molar-refractivity contribution in [1.29, 1.82) is 0 Å². The minimum Gasteiger partial charge on any atom is -0.495 e. The molecule has 0 atom stereocenters. The van der Waals surface area contributed by atoms with Gasteiger partial charge >= 0.3 is 0 Å². The van der Waals surface area contributed by atoms with Crippen LogP contribution in [-0.2, 0) is 7.05 Å². The van der Waals surface area contributed by atoms with Gasteiger partial charge in [-0.15, -0.1) is 11.3 Å². The first-order valence-corrected chi connectivity index (χ1v) is 13.9. The number of carbonyl (C=O) groups is 1. The highest BCUT2D eigenvalue weighted by atomic mass is 32.1. The third-order valence-corrected chi connectivity index (χ3v) is 8.18. The summed E-state index contributed by atoms with van der Waals surface area (Å²) in [6, 6.07) is 15.6. The Morgan fingerprint density at radius 1 is 1.18 bits per heavy atom. The monoisotopic (exact) mass is 539 g/mol. The minimum atomic E-state index is -0.199. The molecule has 200 valence electrons. The predicted molar refractivity (Wildman–Crippen MR) is 164 cm³/mol. The van der Waals surface area contributed by atoms with Gasteiger partial charge in [-0.25, -0.2) is 4.98 Å². The van der Waals surface area contributed by atoms with E-state index in [1.54, 1.807) is 18.4 Å². The van der Waals surface area contributed by atoms with Gasteiger partial charge in [0.2, 0.25) is 0 Å². The van der Waals surface area contributed by atoms with Gasteiger partial charge in [0.05, 0.1) is 12.8 Å². The van der Waals surface area contributed by atoms with Crippen LogP contribution in [0.25, 0.3) is 38.2 Å². The fraction of sp³-hybridized carbons (Fsp3) is 0.226. The maximum absolute atomic E-state index is 13.2. The summed E-state index contributed by atoms with van der Waals surface area (Å²) in [7, 11) is 3.50. The average Bonchev–Trinajstić information content (AvgIpc) is 3.55. The second-order valence-electron chi connectivity index (χ2n) is 9.36. The standard InChI is InChI=1S/C31H33N5O2S/c1-5-36(6-2)15-9-11-22-18-33-30(32)28-23(19-39-29(22)28)20-13-14-24(27(17-20)38-4)34-31(37)26-16-21-10-7-8-12-25(21)35(26)3/h7-14,16-19H,5-6,15H2,1-4H3,(H2,32,33)(H,34,37)/b11-9-. The smallest absolute Gasteiger partial charge is 0.272 e. The molecule has 7 nitrogen and oxygen atoms in total. The first-order valence-electron chi connectivity index (χ1n) is 13.0. The number of amides is 1. The molecule has 2 aromatic carbocycles. The number of hydrogen-bond donors (Lipinski definition) is 2. The zero-order valence-electron chi connectivity index (χ0n) is 22.7. The summed E-state index contributed by atoms with van der Waals surface area (Å²) >= 11 is 1.65. The van der Waals surface area contributed by atoms with E-state index in [9.17, 15) is 4.79 Å². The molecule has 0 aliphatic carbocycles. The molecular weight excluding hydrogens is 506 g/mol. The van der Waals surface area contributed by atoms with Gasteiger partial charge in [-0.2, -0.15) is 0 Å². The molecule has 5 rings (SSSR count). The molecule has 0 bridgehead atoms. The number of thiophene rings is 1. The molecule has 0 saturated carbocycles.